The lowest BCUT2D eigenvalue weighted by Gasteiger charge is -2.14. The van der Waals surface area contributed by atoms with E-state index in [0.29, 0.717) is 0 Å². The molecule has 4 aromatic carbocycles. The van der Waals surface area contributed by atoms with Crippen LogP contribution >= 0.6 is 0 Å². The summed E-state index contributed by atoms with van der Waals surface area (Å²) in [6.45, 7) is 0. The Morgan fingerprint density at radius 3 is 1.98 bits per heavy atom. The summed E-state index contributed by atoms with van der Waals surface area (Å²) >= 11 is 0. The molecule has 186 valence electrons. The first-order valence-corrected chi connectivity index (χ1v) is 13.5. The molecule has 0 fully saturated rings. The van der Waals surface area contributed by atoms with Gasteiger partial charge in [-0.25, -0.2) is 4.98 Å². The fourth-order valence-corrected chi connectivity index (χ4v) is 6.49. The standard InChI is InChI=1S/C36H22N4/c1-5-13-31-24(8-1)22-33-26-10-3-2-9-25(26)28-16-17-29-27-11-4-6-14-32(27)40(36(29)35(28)39(31)33)34-15-7-12-30(38-34)23-18-20-37-21-19-23/h1-22H. The third-order valence-electron chi connectivity index (χ3n) is 8.18. The molecule has 0 radical (unpaired) electrons. The fourth-order valence-electron chi connectivity index (χ4n) is 6.49. The van der Waals surface area contributed by atoms with Crippen LogP contribution in [0.4, 0.5) is 0 Å². The molecule has 0 saturated carbocycles. The van der Waals surface area contributed by atoms with E-state index in [0.717, 1.165) is 28.1 Å². The minimum Gasteiger partial charge on any atom is -0.307 e. The van der Waals surface area contributed by atoms with Crippen LogP contribution < -0.4 is 0 Å². The quantitative estimate of drug-likeness (QED) is 0.218. The molecule has 4 heteroatoms. The van der Waals surface area contributed by atoms with E-state index in [1.54, 1.807) is 0 Å². The third-order valence-corrected chi connectivity index (χ3v) is 8.18. The predicted octanol–water partition coefficient (Wildman–Crippen LogP) is 8.95. The van der Waals surface area contributed by atoms with Gasteiger partial charge in [0.1, 0.15) is 5.82 Å². The summed E-state index contributed by atoms with van der Waals surface area (Å²) in [4.78, 5) is 9.41. The maximum atomic E-state index is 5.21. The zero-order valence-electron chi connectivity index (χ0n) is 21.5. The van der Waals surface area contributed by atoms with Crippen molar-refractivity contribution in [2.75, 3.05) is 0 Å². The third kappa shape index (κ3) is 2.85. The van der Waals surface area contributed by atoms with Gasteiger partial charge in [0.05, 0.1) is 33.3 Å². The zero-order chi connectivity index (χ0) is 26.2. The van der Waals surface area contributed by atoms with Crippen molar-refractivity contribution < 1.29 is 0 Å². The molecule has 0 spiro atoms. The molecule has 5 aromatic heterocycles. The Kier molecular flexibility index (Phi) is 4.30. The van der Waals surface area contributed by atoms with E-state index in [1.165, 1.54) is 48.9 Å². The van der Waals surface area contributed by atoms with E-state index in [9.17, 15) is 0 Å². The molecule has 40 heavy (non-hydrogen) atoms. The van der Waals surface area contributed by atoms with Gasteiger partial charge in [0, 0.05) is 44.9 Å². The van der Waals surface area contributed by atoms with Crippen molar-refractivity contribution in [2.45, 2.75) is 0 Å². The molecule has 0 saturated heterocycles. The average molecular weight is 511 g/mol. The summed E-state index contributed by atoms with van der Waals surface area (Å²) in [5.41, 5.74) is 7.89. The zero-order valence-corrected chi connectivity index (χ0v) is 21.5. The van der Waals surface area contributed by atoms with Crippen LogP contribution in [0.25, 0.3) is 77.0 Å². The Morgan fingerprint density at radius 2 is 1.15 bits per heavy atom. The number of rotatable bonds is 2. The highest BCUT2D eigenvalue weighted by atomic mass is 15.1. The van der Waals surface area contributed by atoms with E-state index in [2.05, 4.69) is 123 Å². The molecule has 0 N–H and O–H groups in total. The molecule has 0 aliphatic rings. The van der Waals surface area contributed by atoms with Crippen LogP contribution in [-0.2, 0) is 0 Å². The predicted molar refractivity (Wildman–Crippen MR) is 165 cm³/mol. The Morgan fingerprint density at radius 1 is 0.475 bits per heavy atom. The first-order valence-electron chi connectivity index (χ1n) is 13.5. The summed E-state index contributed by atoms with van der Waals surface area (Å²) in [5.74, 6) is 0.894. The van der Waals surface area contributed by atoms with Gasteiger partial charge >= 0.3 is 0 Å². The van der Waals surface area contributed by atoms with E-state index >= 15 is 0 Å². The molecule has 0 amide bonds. The lowest BCUT2D eigenvalue weighted by molar-refractivity contribution is 1.08. The lowest BCUT2D eigenvalue weighted by Crippen LogP contribution is -2.01. The second-order valence-electron chi connectivity index (χ2n) is 10.3. The second-order valence-corrected chi connectivity index (χ2v) is 10.3. The van der Waals surface area contributed by atoms with Gasteiger partial charge in [-0.3, -0.25) is 9.55 Å². The molecule has 9 aromatic rings. The van der Waals surface area contributed by atoms with Gasteiger partial charge < -0.3 is 4.40 Å². The van der Waals surface area contributed by atoms with Crippen molar-refractivity contribution in [2.24, 2.45) is 0 Å². The second kappa shape index (κ2) is 8.01. The maximum absolute atomic E-state index is 5.21. The van der Waals surface area contributed by atoms with Gasteiger partial charge in [-0.15, -0.1) is 0 Å². The first-order chi connectivity index (χ1) is 19.9. The monoisotopic (exact) mass is 510 g/mol. The summed E-state index contributed by atoms with van der Waals surface area (Å²) in [6, 6.07) is 43.3. The smallest absolute Gasteiger partial charge is 0.138 e. The van der Waals surface area contributed by atoms with Gasteiger partial charge in [-0.05, 0) is 47.9 Å². The van der Waals surface area contributed by atoms with Crippen LogP contribution in [0.15, 0.2) is 134 Å². The van der Waals surface area contributed by atoms with Crippen molar-refractivity contribution in [3.05, 3.63) is 134 Å². The highest BCUT2D eigenvalue weighted by molar-refractivity contribution is 6.25. The molecular weight excluding hydrogens is 488 g/mol. The van der Waals surface area contributed by atoms with Crippen LogP contribution in [0.3, 0.4) is 0 Å². The van der Waals surface area contributed by atoms with Gasteiger partial charge in [0.15, 0.2) is 0 Å². The van der Waals surface area contributed by atoms with Crippen molar-refractivity contribution in [1.29, 1.82) is 0 Å². The van der Waals surface area contributed by atoms with Crippen LogP contribution in [0.5, 0.6) is 0 Å². The molecule has 4 nitrogen and oxygen atoms in total. The number of para-hydroxylation sites is 2. The van der Waals surface area contributed by atoms with Crippen LogP contribution in [0.2, 0.25) is 0 Å². The number of fused-ring (bicyclic) bond motifs is 12. The van der Waals surface area contributed by atoms with Crippen molar-refractivity contribution in [1.82, 2.24) is 18.9 Å². The van der Waals surface area contributed by atoms with E-state index in [1.807, 2.05) is 24.5 Å². The molecule has 0 aliphatic heterocycles. The molecular formula is C36H22N4. The minimum atomic E-state index is 0.894. The van der Waals surface area contributed by atoms with Crippen LogP contribution in [0, 0.1) is 0 Å². The minimum absolute atomic E-state index is 0.894. The molecule has 5 heterocycles. The topological polar surface area (TPSA) is 35.1 Å². The van der Waals surface area contributed by atoms with Gasteiger partial charge in [0.25, 0.3) is 0 Å². The molecule has 0 unspecified atom stereocenters. The van der Waals surface area contributed by atoms with Crippen molar-refractivity contribution >= 4 is 59.9 Å². The summed E-state index contributed by atoms with van der Waals surface area (Å²) in [7, 11) is 0. The van der Waals surface area contributed by atoms with Crippen LogP contribution in [0.1, 0.15) is 0 Å². The lowest BCUT2D eigenvalue weighted by atomic mass is 10.0. The Hall–Kier alpha value is -5.48. The van der Waals surface area contributed by atoms with Crippen molar-refractivity contribution in [3.63, 3.8) is 0 Å². The van der Waals surface area contributed by atoms with Crippen molar-refractivity contribution in [3.8, 4) is 17.1 Å². The van der Waals surface area contributed by atoms with Gasteiger partial charge in [-0.2, -0.15) is 0 Å². The van der Waals surface area contributed by atoms with E-state index in [4.69, 9.17) is 4.98 Å². The molecule has 9 rings (SSSR count). The summed E-state index contributed by atoms with van der Waals surface area (Å²) < 4.78 is 4.80. The maximum Gasteiger partial charge on any atom is 0.138 e. The van der Waals surface area contributed by atoms with Crippen LogP contribution in [-0.4, -0.2) is 18.9 Å². The van der Waals surface area contributed by atoms with Gasteiger partial charge in [0.2, 0.25) is 0 Å². The number of hydrogen-bond donors (Lipinski definition) is 0. The largest absolute Gasteiger partial charge is 0.307 e. The number of benzene rings is 4. The molecule has 0 atom stereocenters. The van der Waals surface area contributed by atoms with E-state index in [-0.39, 0.29) is 0 Å². The number of aromatic nitrogens is 4. The number of pyridine rings is 3. The summed E-state index contributed by atoms with van der Waals surface area (Å²) in [6.07, 6.45) is 3.63. The Labute approximate surface area is 229 Å². The Balaban J connectivity index is 1.54. The highest BCUT2D eigenvalue weighted by Gasteiger charge is 2.20. The fraction of sp³-hybridized carbons (Fsp3) is 0. The SMILES string of the molecule is c1cc(-c2ccncc2)nc(-n2c3ccccc3c3ccc4c5ccccc5c5cc6ccccc6n5c4c32)c1. The molecule has 0 bridgehead atoms. The highest BCUT2D eigenvalue weighted by Crippen LogP contribution is 2.41. The first kappa shape index (κ1) is 21.5. The summed E-state index contributed by atoms with van der Waals surface area (Å²) in [5, 5.41) is 7.40. The van der Waals surface area contributed by atoms with E-state index < -0.39 is 0 Å². The number of nitrogens with zero attached hydrogens (tertiary/aromatic N) is 4. The average Bonchev–Trinajstić information content (AvgIpc) is 3.58. The Bertz CT molecular complexity index is 2430. The van der Waals surface area contributed by atoms with Gasteiger partial charge in [-0.1, -0.05) is 78.9 Å². The molecule has 0 aliphatic carbocycles. The number of hydrogen-bond acceptors (Lipinski definition) is 2. The normalized spacial score (nSPS) is 12.0.